The fourth-order valence-corrected chi connectivity index (χ4v) is 2.00. The van der Waals surface area contributed by atoms with E-state index in [0.717, 1.165) is 12.1 Å². The number of hydrogen-bond donors (Lipinski definition) is 0. The topological polar surface area (TPSA) is 17.1 Å². The summed E-state index contributed by atoms with van der Waals surface area (Å²) in [5.74, 6) is -3.05. The zero-order chi connectivity index (χ0) is 14.7. The van der Waals surface area contributed by atoms with Crippen LogP contribution >= 0.6 is 11.6 Å². The Morgan fingerprint density at radius 2 is 1.65 bits per heavy atom. The third-order valence-electron chi connectivity index (χ3n) is 2.82. The van der Waals surface area contributed by atoms with E-state index in [0.29, 0.717) is 0 Å². The van der Waals surface area contributed by atoms with Gasteiger partial charge in [0.25, 0.3) is 0 Å². The second-order valence-corrected chi connectivity index (χ2v) is 4.78. The van der Waals surface area contributed by atoms with Crippen molar-refractivity contribution in [3.63, 3.8) is 0 Å². The maximum atomic E-state index is 13.5. The molecule has 0 atom stereocenters. The van der Waals surface area contributed by atoms with Gasteiger partial charge in [0.2, 0.25) is 0 Å². The standard InChI is InChI=1S/C15H10ClF3O/c16-11-5-4-9(14(18)8-11)6-12(20)7-10-2-1-3-13(17)15(10)19/h1-5,8H,6-7H2. The van der Waals surface area contributed by atoms with E-state index in [1.807, 2.05) is 0 Å². The number of ketones is 1. The summed E-state index contributed by atoms with van der Waals surface area (Å²) in [6.07, 6.45) is -0.482. The van der Waals surface area contributed by atoms with Crippen LogP contribution in [0.1, 0.15) is 11.1 Å². The van der Waals surface area contributed by atoms with Gasteiger partial charge in [-0.1, -0.05) is 29.8 Å². The molecule has 0 aliphatic heterocycles. The molecule has 0 unspecified atom stereocenters. The van der Waals surface area contributed by atoms with Gasteiger partial charge in [0, 0.05) is 17.9 Å². The van der Waals surface area contributed by atoms with E-state index in [4.69, 9.17) is 11.6 Å². The predicted molar refractivity (Wildman–Crippen MR) is 70.2 cm³/mol. The van der Waals surface area contributed by atoms with Crippen LogP contribution in [-0.4, -0.2) is 5.78 Å². The van der Waals surface area contributed by atoms with Gasteiger partial charge in [-0.2, -0.15) is 0 Å². The normalized spacial score (nSPS) is 10.6. The minimum Gasteiger partial charge on any atom is -0.299 e. The highest BCUT2D eigenvalue weighted by molar-refractivity contribution is 6.30. The van der Waals surface area contributed by atoms with Crippen molar-refractivity contribution in [1.29, 1.82) is 0 Å². The molecule has 0 aromatic heterocycles. The molecule has 5 heteroatoms. The minimum atomic E-state index is -1.04. The molecule has 0 aliphatic carbocycles. The van der Waals surface area contributed by atoms with Gasteiger partial charge in [-0.05, 0) is 29.3 Å². The molecule has 2 rings (SSSR count). The smallest absolute Gasteiger partial charge is 0.162 e. The lowest BCUT2D eigenvalue weighted by Gasteiger charge is -2.05. The van der Waals surface area contributed by atoms with Crippen molar-refractivity contribution >= 4 is 17.4 Å². The van der Waals surface area contributed by atoms with Gasteiger partial charge < -0.3 is 0 Å². The lowest BCUT2D eigenvalue weighted by Crippen LogP contribution is -2.09. The lowest BCUT2D eigenvalue weighted by atomic mass is 10.0. The molecule has 0 heterocycles. The zero-order valence-electron chi connectivity index (χ0n) is 10.3. The summed E-state index contributed by atoms with van der Waals surface area (Å²) in [6, 6.07) is 7.60. The number of rotatable bonds is 4. The second kappa shape index (κ2) is 6.09. The molecule has 2 aromatic rings. The Kier molecular flexibility index (Phi) is 4.45. The van der Waals surface area contributed by atoms with Gasteiger partial charge in [-0.25, -0.2) is 13.2 Å². The summed E-state index contributed by atoms with van der Waals surface area (Å²) in [4.78, 5) is 11.8. The first-order valence-corrected chi connectivity index (χ1v) is 6.23. The number of halogens is 4. The van der Waals surface area contributed by atoms with Crippen LogP contribution < -0.4 is 0 Å². The Morgan fingerprint density at radius 3 is 2.35 bits per heavy atom. The number of hydrogen-bond acceptors (Lipinski definition) is 1. The molecule has 0 spiro atoms. The first-order valence-electron chi connectivity index (χ1n) is 5.86. The predicted octanol–water partition coefficient (Wildman–Crippen LogP) is 4.11. The fraction of sp³-hybridized carbons (Fsp3) is 0.133. The third-order valence-corrected chi connectivity index (χ3v) is 3.06. The van der Waals surface area contributed by atoms with E-state index >= 15 is 0 Å². The van der Waals surface area contributed by atoms with Crippen LogP contribution in [0.4, 0.5) is 13.2 Å². The highest BCUT2D eigenvalue weighted by Crippen LogP contribution is 2.17. The van der Waals surface area contributed by atoms with E-state index in [1.165, 1.54) is 24.3 Å². The van der Waals surface area contributed by atoms with Gasteiger partial charge >= 0.3 is 0 Å². The van der Waals surface area contributed by atoms with Gasteiger partial charge in [-0.3, -0.25) is 4.79 Å². The Morgan fingerprint density at radius 1 is 0.950 bits per heavy atom. The summed E-state index contributed by atoms with van der Waals surface area (Å²) in [5.41, 5.74) is 0.139. The first kappa shape index (κ1) is 14.6. The SMILES string of the molecule is O=C(Cc1ccc(Cl)cc1F)Cc1cccc(F)c1F. The van der Waals surface area contributed by atoms with Crippen molar-refractivity contribution in [1.82, 2.24) is 0 Å². The Balaban J connectivity index is 2.11. The molecule has 0 N–H and O–H groups in total. The lowest BCUT2D eigenvalue weighted by molar-refractivity contribution is -0.117. The fourth-order valence-electron chi connectivity index (χ4n) is 1.84. The van der Waals surface area contributed by atoms with Crippen LogP contribution in [0.2, 0.25) is 5.02 Å². The van der Waals surface area contributed by atoms with Crippen LogP contribution in [0.15, 0.2) is 36.4 Å². The number of carbonyl (C=O) groups excluding carboxylic acids is 1. The van der Waals surface area contributed by atoms with E-state index in [9.17, 15) is 18.0 Å². The van der Waals surface area contributed by atoms with Crippen LogP contribution in [0.25, 0.3) is 0 Å². The van der Waals surface area contributed by atoms with Crippen molar-refractivity contribution in [2.24, 2.45) is 0 Å². The van der Waals surface area contributed by atoms with E-state index in [-0.39, 0.29) is 29.0 Å². The molecule has 20 heavy (non-hydrogen) atoms. The second-order valence-electron chi connectivity index (χ2n) is 4.34. The Labute approximate surface area is 119 Å². The van der Waals surface area contributed by atoms with Crippen LogP contribution in [0.5, 0.6) is 0 Å². The zero-order valence-corrected chi connectivity index (χ0v) is 11.1. The van der Waals surface area contributed by atoms with E-state index in [2.05, 4.69) is 0 Å². The summed E-state index contributed by atoms with van der Waals surface area (Å²) < 4.78 is 39.9. The molecule has 0 saturated carbocycles. The van der Waals surface area contributed by atoms with E-state index in [1.54, 1.807) is 0 Å². The van der Waals surface area contributed by atoms with Gasteiger partial charge in [0.15, 0.2) is 11.6 Å². The van der Waals surface area contributed by atoms with Crippen molar-refractivity contribution < 1.29 is 18.0 Å². The molecule has 0 saturated heterocycles. The molecule has 0 bridgehead atoms. The van der Waals surface area contributed by atoms with Gasteiger partial charge in [0.1, 0.15) is 11.6 Å². The average molecular weight is 299 g/mol. The molecule has 1 nitrogen and oxygen atoms in total. The summed E-state index contributed by atoms with van der Waals surface area (Å²) in [7, 11) is 0. The average Bonchev–Trinajstić information content (AvgIpc) is 2.38. The van der Waals surface area contributed by atoms with Crippen LogP contribution in [-0.2, 0) is 17.6 Å². The van der Waals surface area contributed by atoms with Crippen LogP contribution in [0.3, 0.4) is 0 Å². The van der Waals surface area contributed by atoms with E-state index < -0.39 is 23.2 Å². The number of carbonyl (C=O) groups is 1. The molecular formula is C15H10ClF3O. The highest BCUT2D eigenvalue weighted by atomic mass is 35.5. The quantitative estimate of drug-likeness (QED) is 0.830. The highest BCUT2D eigenvalue weighted by Gasteiger charge is 2.14. The van der Waals surface area contributed by atoms with Crippen molar-refractivity contribution in [2.75, 3.05) is 0 Å². The Hall–Kier alpha value is -1.81. The summed E-state index contributed by atoms with van der Waals surface area (Å²) in [6.45, 7) is 0. The van der Waals surface area contributed by atoms with Gasteiger partial charge in [-0.15, -0.1) is 0 Å². The molecule has 0 amide bonds. The van der Waals surface area contributed by atoms with Crippen molar-refractivity contribution in [3.8, 4) is 0 Å². The van der Waals surface area contributed by atoms with Crippen LogP contribution in [0, 0.1) is 17.5 Å². The molecule has 0 aliphatic rings. The molecular weight excluding hydrogens is 289 g/mol. The molecule has 104 valence electrons. The number of benzene rings is 2. The minimum absolute atomic E-state index is 0.0376. The molecule has 0 fully saturated rings. The molecule has 0 radical (unpaired) electrons. The maximum Gasteiger partial charge on any atom is 0.162 e. The molecule has 2 aromatic carbocycles. The first-order chi connectivity index (χ1) is 9.47. The summed E-state index contributed by atoms with van der Waals surface area (Å²) in [5, 5.41) is 0.231. The van der Waals surface area contributed by atoms with Crippen molar-refractivity contribution in [2.45, 2.75) is 12.8 Å². The monoisotopic (exact) mass is 298 g/mol. The summed E-state index contributed by atoms with van der Waals surface area (Å²) >= 11 is 5.61. The van der Waals surface area contributed by atoms with Crippen molar-refractivity contribution in [3.05, 3.63) is 70.0 Å². The third kappa shape index (κ3) is 3.39. The maximum absolute atomic E-state index is 13.5. The largest absolute Gasteiger partial charge is 0.299 e. The Bertz CT molecular complexity index is 656. The van der Waals surface area contributed by atoms with Gasteiger partial charge in [0.05, 0.1) is 0 Å². The number of Topliss-reactive ketones (excluding diaryl/α,β-unsaturated/α-hetero) is 1.